The number of anilines is 2. The van der Waals surface area contributed by atoms with E-state index in [-0.39, 0.29) is 23.6 Å². The van der Waals surface area contributed by atoms with Crippen LogP contribution in [0.4, 0.5) is 16.2 Å². The number of carbonyl (C=O) groups is 4. The lowest BCUT2D eigenvalue weighted by Crippen LogP contribution is -2.54. The average molecular weight is 648 g/mol. The molecule has 3 aromatic rings. The molecule has 188 valence electrons. The number of aryl methyl sites for hydroxylation is 1. The highest BCUT2D eigenvalue weighted by Crippen LogP contribution is 2.35. The molecule has 11 heteroatoms. The van der Waals surface area contributed by atoms with Crippen LogP contribution in [-0.4, -0.2) is 30.4 Å². The van der Waals surface area contributed by atoms with Crippen molar-refractivity contribution in [3.63, 3.8) is 0 Å². The minimum Gasteiger partial charge on any atom is -0.482 e. The number of amides is 5. The zero-order valence-corrected chi connectivity index (χ0v) is 23.1. The van der Waals surface area contributed by atoms with Crippen LogP contribution in [0.5, 0.6) is 5.75 Å². The van der Waals surface area contributed by atoms with Crippen LogP contribution in [0.15, 0.2) is 75.2 Å². The standard InChI is InChI=1S/C26H18Br2ClN3O5/c1-14-7-8-18(12-21(14)29)32-25(35)19(24(34)31-26(32)36)10-15-9-16(27)11-20(28)23(15)37-13-22(33)30-17-5-3-2-4-6-17/h2-12H,13H2,1H3,(H,30,33)(H,31,34,36)/b19-10+. The summed E-state index contributed by atoms with van der Waals surface area (Å²) in [5, 5.41) is 5.26. The Morgan fingerprint density at radius 2 is 1.81 bits per heavy atom. The lowest BCUT2D eigenvalue weighted by molar-refractivity contribution is -0.122. The molecule has 37 heavy (non-hydrogen) atoms. The van der Waals surface area contributed by atoms with Gasteiger partial charge in [0.15, 0.2) is 6.61 Å². The van der Waals surface area contributed by atoms with Gasteiger partial charge in [0.25, 0.3) is 17.7 Å². The SMILES string of the molecule is Cc1ccc(N2C(=O)NC(=O)/C(=C\c3cc(Br)cc(Br)c3OCC(=O)Nc3ccccc3)C2=O)cc1Cl. The van der Waals surface area contributed by atoms with Gasteiger partial charge < -0.3 is 10.1 Å². The van der Waals surface area contributed by atoms with Gasteiger partial charge in [0, 0.05) is 20.7 Å². The summed E-state index contributed by atoms with van der Waals surface area (Å²) in [6.45, 7) is 1.45. The minimum atomic E-state index is -0.892. The topological polar surface area (TPSA) is 105 Å². The monoisotopic (exact) mass is 645 g/mol. The number of para-hydroxylation sites is 1. The molecule has 0 radical (unpaired) electrons. The molecule has 5 amide bonds. The molecule has 0 spiro atoms. The Kier molecular flexibility index (Phi) is 8.11. The number of halogens is 3. The number of rotatable bonds is 6. The van der Waals surface area contributed by atoms with E-state index >= 15 is 0 Å². The molecule has 1 heterocycles. The number of hydrogen-bond acceptors (Lipinski definition) is 5. The third-order valence-electron chi connectivity index (χ3n) is 5.26. The number of urea groups is 1. The smallest absolute Gasteiger partial charge is 0.335 e. The zero-order chi connectivity index (χ0) is 26.7. The Hall–Kier alpha value is -3.47. The molecule has 0 aliphatic carbocycles. The summed E-state index contributed by atoms with van der Waals surface area (Å²) >= 11 is 13.0. The van der Waals surface area contributed by atoms with Crippen LogP contribution < -0.4 is 20.3 Å². The van der Waals surface area contributed by atoms with Crippen molar-refractivity contribution in [1.82, 2.24) is 5.32 Å². The number of benzene rings is 3. The van der Waals surface area contributed by atoms with E-state index in [0.717, 1.165) is 10.5 Å². The van der Waals surface area contributed by atoms with Gasteiger partial charge >= 0.3 is 6.03 Å². The normalized spacial score (nSPS) is 14.5. The zero-order valence-electron chi connectivity index (χ0n) is 19.2. The van der Waals surface area contributed by atoms with E-state index < -0.39 is 23.8 Å². The number of carbonyl (C=O) groups excluding carboxylic acids is 4. The van der Waals surface area contributed by atoms with Crippen LogP contribution in [0.3, 0.4) is 0 Å². The van der Waals surface area contributed by atoms with Crippen molar-refractivity contribution in [3.05, 3.63) is 91.3 Å². The predicted octanol–water partition coefficient (Wildman–Crippen LogP) is 5.86. The average Bonchev–Trinajstić information content (AvgIpc) is 2.83. The molecule has 3 aromatic carbocycles. The molecule has 1 saturated heterocycles. The van der Waals surface area contributed by atoms with Gasteiger partial charge in [-0.05, 0) is 70.9 Å². The molecule has 0 atom stereocenters. The number of ether oxygens (including phenoxy) is 1. The fraction of sp³-hybridized carbons (Fsp3) is 0.0769. The molecule has 2 N–H and O–H groups in total. The largest absolute Gasteiger partial charge is 0.482 e. The van der Waals surface area contributed by atoms with Crippen molar-refractivity contribution in [1.29, 1.82) is 0 Å². The first-order valence-electron chi connectivity index (χ1n) is 10.8. The third-order valence-corrected chi connectivity index (χ3v) is 6.71. The molecule has 0 bridgehead atoms. The molecule has 0 aromatic heterocycles. The Bertz CT molecular complexity index is 1460. The minimum absolute atomic E-state index is 0.209. The van der Waals surface area contributed by atoms with E-state index in [0.29, 0.717) is 25.2 Å². The van der Waals surface area contributed by atoms with Gasteiger partial charge in [0.05, 0.1) is 10.2 Å². The first-order chi connectivity index (χ1) is 17.6. The number of nitrogens with zero attached hydrogens (tertiary/aromatic N) is 1. The van der Waals surface area contributed by atoms with Gasteiger partial charge in [-0.25, -0.2) is 9.69 Å². The molecular formula is C26H18Br2ClN3O5. The first kappa shape index (κ1) is 26.6. The van der Waals surface area contributed by atoms with Crippen molar-refractivity contribution in [3.8, 4) is 5.75 Å². The van der Waals surface area contributed by atoms with Crippen LogP contribution in [0.2, 0.25) is 5.02 Å². The molecule has 0 saturated carbocycles. The highest BCUT2D eigenvalue weighted by Gasteiger charge is 2.37. The van der Waals surface area contributed by atoms with Crippen molar-refractivity contribution in [2.45, 2.75) is 6.92 Å². The van der Waals surface area contributed by atoms with Gasteiger partial charge in [0.1, 0.15) is 11.3 Å². The van der Waals surface area contributed by atoms with Gasteiger partial charge in [-0.3, -0.25) is 19.7 Å². The van der Waals surface area contributed by atoms with Gasteiger partial charge in [-0.15, -0.1) is 0 Å². The summed E-state index contributed by atoms with van der Waals surface area (Å²) in [6.07, 6.45) is 1.30. The predicted molar refractivity (Wildman–Crippen MR) is 148 cm³/mol. The molecule has 1 aliphatic rings. The van der Waals surface area contributed by atoms with Gasteiger partial charge in [-0.2, -0.15) is 0 Å². The Morgan fingerprint density at radius 3 is 2.51 bits per heavy atom. The molecule has 0 unspecified atom stereocenters. The highest BCUT2D eigenvalue weighted by atomic mass is 79.9. The Balaban J connectivity index is 1.64. The number of nitrogens with one attached hydrogen (secondary N) is 2. The number of barbiturate groups is 1. The lowest BCUT2D eigenvalue weighted by atomic mass is 10.1. The van der Waals surface area contributed by atoms with Crippen molar-refractivity contribution in [2.24, 2.45) is 0 Å². The van der Waals surface area contributed by atoms with E-state index in [1.54, 1.807) is 55.5 Å². The second-order valence-electron chi connectivity index (χ2n) is 7.90. The summed E-state index contributed by atoms with van der Waals surface area (Å²) in [5.74, 6) is -1.88. The summed E-state index contributed by atoms with van der Waals surface area (Å²) in [6, 6.07) is 16.0. The number of imide groups is 2. The van der Waals surface area contributed by atoms with E-state index in [1.165, 1.54) is 12.1 Å². The fourth-order valence-corrected chi connectivity index (χ4v) is 5.01. The third kappa shape index (κ3) is 6.10. The van der Waals surface area contributed by atoms with Crippen LogP contribution in [0.25, 0.3) is 6.08 Å². The Labute approximate surface area is 233 Å². The molecule has 8 nitrogen and oxygen atoms in total. The second-order valence-corrected chi connectivity index (χ2v) is 10.1. The molecule has 1 fully saturated rings. The summed E-state index contributed by atoms with van der Waals surface area (Å²) < 4.78 is 6.86. The quantitative estimate of drug-likeness (QED) is 0.258. The van der Waals surface area contributed by atoms with Crippen molar-refractivity contribution < 1.29 is 23.9 Å². The van der Waals surface area contributed by atoms with E-state index in [2.05, 4.69) is 42.5 Å². The maximum absolute atomic E-state index is 13.3. The highest BCUT2D eigenvalue weighted by molar-refractivity contribution is 9.11. The summed E-state index contributed by atoms with van der Waals surface area (Å²) in [7, 11) is 0. The van der Waals surface area contributed by atoms with Crippen LogP contribution in [0, 0.1) is 6.92 Å². The maximum Gasteiger partial charge on any atom is 0.335 e. The summed E-state index contributed by atoms with van der Waals surface area (Å²) in [5.41, 5.74) is 1.60. The molecule has 4 rings (SSSR count). The Morgan fingerprint density at radius 1 is 1.08 bits per heavy atom. The molecule has 1 aliphatic heterocycles. The number of hydrogen-bond donors (Lipinski definition) is 2. The van der Waals surface area contributed by atoms with Crippen LogP contribution in [0.1, 0.15) is 11.1 Å². The summed E-state index contributed by atoms with van der Waals surface area (Å²) in [4.78, 5) is 51.7. The van der Waals surface area contributed by atoms with E-state index in [4.69, 9.17) is 16.3 Å². The fourth-order valence-electron chi connectivity index (χ4n) is 3.46. The van der Waals surface area contributed by atoms with E-state index in [1.807, 2.05) is 6.07 Å². The second kappa shape index (κ2) is 11.3. The van der Waals surface area contributed by atoms with Crippen LogP contribution >= 0.6 is 43.5 Å². The molecular weight excluding hydrogens is 630 g/mol. The van der Waals surface area contributed by atoms with Crippen molar-refractivity contribution in [2.75, 3.05) is 16.8 Å². The lowest BCUT2D eigenvalue weighted by Gasteiger charge is -2.26. The maximum atomic E-state index is 13.3. The van der Waals surface area contributed by atoms with E-state index in [9.17, 15) is 19.2 Å². The van der Waals surface area contributed by atoms with Crippen LogP contribution in [-0.2, 0) is 14.4 Å². The van der Waals surface area contributed by atoms with Crippen molar-refractivity contribution >= 4 is 84.7 Å². The van der Waals surface area contributed by atoms with Gasteiger partial charge in [-0.1, -0.05) is 51.8 Å². The first-order valence-corrected chi connectivity index (χ1v) is 12.7. The van der Waals surface area contributed by atoms with Gasteiger partial charge in [0.2, 0.25) is 0 Å².